The lowest BCUT2D eigenvalue weighted by Gasteiger charge is -2.10. The Morgan fingerprint density at radius 1 is 0.561 bits per heavy atom. The molecule has 8 nitrogen and oxygen atoms in total. The van der Waals surface area contributed by atoms with Crippen molar-refractivity contribution in [3.63, 3.8) is 0 Å². The topological polar surface area (TPSA) is 95.7 Å². The first-order valence-electron chi connectivity index (χ1n) is 18.7. The van der Waals surface area contributed by atoms with Crippen molar-refractivity contribution in [3.05, 3.63) is 181 Å². The summed E-state index contributed by atoms with van der Waals surface area (Å²) in [6, 6.07) is 50.7. The molecule has 0 N–H and O–H groups in total. The Kier molecular flexibility index (Phi) is 8.22. The number of nitrogens with zero attached hydrogens (tertiary/aromatic N) is 6. The second kappa shape index (κ2) is 13.9. The largest absolute Gasteiger partial charge is 0.436 e. The molecule has 0 unspecified atom stereocenters. The van der Waals surface area contributed by atoms with E-state index in [9.17, 15) is 0 Å². The number of hydrogen-bond donors (Lipinski definition) is 0. The fraction of sp³-hybridized carbons (Fsp3) is 0.0408. The zero-order chi connectivity index (χ0) is 38.5. The van der Waals surface area contributed by atoms with E-state index in [0.717, 1.165) is 72.2 Å². The molecule has 0 spiro atoms. The van der Waals surface area contributed by atoms with Crippen LogP contribution in [0.5, 0.6) is 0 Å². The molecule has 0 atom stereocenters. The Morgan fingerprint density at radius 2 is 1.19 bits per heavy atom. The number of benzene rings is 6. The van der Waals surface area contributed by atoms with Crippen molar-refractivity contribution in [1.82, 2.24) is 29.5 Å². The number of oxazole rings is 2. The van der Waals surface area contributed by atoms with Gasteiger partial charge in [0.1, 0.15) is 11.0 Å². The van der Waals surface area contributed by atoms with Gasteiger partial charge in [-0.3, -0.25) is 4.57 Å². The molecule has 0 aliphatic rings. The van der Waals surface area contributed by atoms with E-state index in [1.807, 2.05) is 128 Å². The smallest absolute Gasteiger partial charge is 0.307 e. The van der Waals surface area contributed by atoms with Crippen LogP contribution in [0.1, 0.15) is 23.7 Å². The number of rotatable bonds is 8. The van der Waals surface area contributed by atoms with Crippen molar-refractivity contribution in [1.29, 1.82) is 0 Å². The molecule has 10 rings (SSSR count). The van der Waals surface area contributed by atoms with Gasteiger partial charge >= 0.3 is 6.01 Å². The Morgan fingerprint density at radius 3 is 1.91 bits per heavy atom. The number of fused-ring (bicyclic) bond motifs is 3. The molecule has 6 aromatic carbocycles. The van der Waals surface area contributed by atoms with Gasteiger partial charge in [0.15, 0.2) is 28.6 Å². The standard InChI is InChI=1S/C49H34N6O2/c1-30(2)38(29-39-31(3)55(42-23-12-10-21-37(39)42)49-51-40-22-11-13-24-43(40)57-49)34-19-14-20-36(27-34)48-50-41-28-35(25-26-44(41)56-48)47-53-45(32-15-6-4-7-16-32)52-46(54-47)33-17-8-5-9-18-33/h4-29H,1H2,2-3H3/b38-29+. The van der Waals surface area contributed by atoms with Gasteiger partial charge in [0.2, 0.25) is 5.89 Å². The summed E-state index contributed by atoms with van der Waals surface area (Å²) in [7, 11) is 0. The van der Waals surface area contributed by atoms with Gasteiger partial charge in [-0.2, -0.15) is 4.98 Å². The van der Waals surface area contributed by atoms with E-state index >= 15 is 0 Å². The fourth-order valence-corrected chi connectivity index (χ4v) is 7.32. The minimum Gasteiger partial charge on any atom is -0.436 e. The third-order valence-electron chi connectivity index (χ3n) is 10.1. The predicted molar refractivity (Wildman–Crippen MR) is 227 cm³/mol. The quantitative estimate of drug-likeness (QED) is 0.143. The first-order valence-corrected chi connectivity index (χ1v) is 18.7. The normalized spacial score (nSPS) is 11.9. The van der Waals surface area contributed by atoms with Gasteiger partial charge in [-0.05, 0) is 79.6 Å². The van der Waals surface area contributed by atoms with Crippen molar-refractivity contribution in [2.24, 2.45) is 0 Å². The second-order valence-electron chi connectivity index (χ2n) is 14.0. The van der Waals surface area contributed by atoms with Crippen molar-refractivity contribution in [3.8, 4) is 51.6 Å². The summed E-state index contributed by atoms with van der Waals surface area (Å²) < 4.78 is 14.7. The van der Waals surface area contributed by atoms with Crippen LogP contribution >= 0.6 is 0 Å². The average Bonchev–Trinajstić information content (AvgIpc) is 3.96. The van der Waals surface area contributed by atoms with Crippen LogP contribution in [0, 0.1) is 6.92 Å². The molecule has 0 saturated heterocycles. The van der Waals surface area contributed by atoms with E-state index in [4.69, 9.17) is 33.8 Å². The van der Waals surface area contributed by atoms with Crippen LogP contribution in [0.3, 0.4) is 0 Å². The van der Waals surface area contributed by atoms with Gasteiger partial charge < -0.3 is 8.83 Å². The molecule has 0 bridgehead atoms. The summed E-state index contributed by atoms with van der Waals surface area (Å²) in [4.78, 5) is 24.4. The summed E-state index contributed by atoms with van der Waals surface area (Å²) in [6.45, 7) is 8.53. The van der Waals surface area contributed by atoms with Crippen LogP contribution in [0.4, 0.5) is 0 Å². The number of hydrogen-bond acceptors (Lipinski definition) is 7. The molecule has 10 aromatic rings. The molecule has 4 aromatic heterocycles. The highest BCUT2D eigenvalue weighted by Crippen LogP contribution is 2.36. The molecule has 0 aliphatic heterocycles. The van der Waals surface area contributed by atoms with E-state index in [1.165, 1.54) is 0 Å². The van der Waals surface area contributed by atoms with Crippen molar-refractivity contribution in [2.45, 2.75) is 13.8 Å². The molecule has 57 heavy (non-hydrogen) atoms. The van der Waals surface area contributed by atoms with Crippen molar-refractivity contribution in [2.75, 3.05) is 0 Å². The summed E-state index contributed by atoms with van der Waals surface area (Å²) >= 11 is 0. The van der Waals surface area contributed by atoms with Crippen LogP contribution in [0.2, 0.25) is 0 Å². The lowest BCUT2D eigenvalue weighted by atomic mass is 9.95. The minimum absolute atomic E-state index is 0.513. The molecule has 0 saturated carbocycles. The Hall–Kier alpha value is -7.71. The van der Waals surface area contributed by atoms with E-state index < -0.39 is 0 Å². The Labute approximate surface area is 328 Å². The Bertz CT molecular complexity index is 3080. The van der Waals surface area contributed by atoms with Crippen molar-refractivity contribution >= 4 is 44.8 Å². The van der Waals surface area contributed by atoms with Crippen molar-refractivity contribution < 1.29 is 8.83 Å². The number of allylic oxidation sites excluding steroid dienone is 2. The van der Waals surface area contributed by atoms with Crippen LogP contribution in [-0.4, -0.2) is 29.5 Å². The highest BCUT2D eigenvalue weighted by Gasteiger charge is 2.20. The molecule has 0 amide bonds. The number of para-hydroxylation sites is 3. The summed E-state index contributed by atoms with van der Waals surface area (Å²) in [5.41, 5.74) is 12.4. The molecule has 8 heteroatoms. The molecule has 272 valence electrons. The van der Waals surface area contributed by atoms with Gasteiger partial charge in [0.25, 0.3) is 0 Å². The maximum Gasteiger partial charge on any atom is 0.307 e. The van der Waals surface area contributed by atoms with Gasteiger partial charge in [-0.1, -0.05) is 115 Å². The first-order chi connectivity index (χ1) is 28.0. The van der Waals surface area contributed by atoms with Gasteiger partial charge in [0, 0.05) is 38.9 Å². The monoisotopic (exact) mass is 738 g/mol. The highest BCUT2D eigenvalue weighted by atomic mass is 16.4. The van der Waals surface area contributed by atoms with Crippen LogP contribution in [0.25, 0.3) is 96.4 Å². The predicted octanol–water partition coefficient (Wildman–Crippen LogP) is 12.2. The van der Waals surface area contributed by atoms with Gasteiger partial charge in [0.05, 0.1) is 5.52 Å². The van der Waals surface area contributed by atoms with Crippen LogP contribution in [0.15, 0.2) is 173 Å². The van der Waals surface area contributed by atoms with E-state index in [0.29, 0.717) is 40.5 Å². The zero-order valence-electron chi connectivity index (χ0n) is 31.2. The third kappa shape index (κ3) is 6.19. The average molecular weight is 739 g/mol. The Balaban J connectivity index is 1.03. The third-order valence-corrected chi connectivity index (χ3v) is 10.1. The molecule has 4 heterocycles. The van der Waals surface area contributed by atoms with Crippen LogP contribution < -0.4 is 0 Å². The van der Waals surface area contributed by atoms with E-state index in [2.05, 4.69) is 54.5 Å². The summed E-state index contributed by atoms with van der Waals surface area (Å²) in [6.07, 6.45) is 2.21. The first kappa shape index (κ1) is 33.8. The summed E-state index contributed by atoms with van der Waals surface area (Å²) in [5.74, 6) is 2.27. The van der Waals surface area contributed by atoms with E-state index in [1.54, 1.807) is 0 Å². The summed E-state index contributed by atoms with van der Waals surface area (Å²) in [5, 5.41) is 1.09. The van der Waals surface area contributed by atoms with Crippen LogP contribution in [-0.2, 0) is 0 Å². The lowest BCUT2D eigenvalue weighted by molar-refractivity contribution is 0.566. The maximum atomic E-state index is 6.37. The maximum absolute atomic E-state index is 6.37. The second-order valence-corrected chi connectivity index (χ2v) is 14.0. The van der Waals surface area contributed by atoms with Gasteiger partial charge in [-0.25, -0.2) is 19.9 Å². The molecule has 0 aliphatic carbocycles. The number of aromatic nitrogens is 6. The fourth-order valence-electron chi connectivity index (χ4n) is 7.32. The van der Waals surface area contributed by atoms with Gasteiger partial charge in [-0.15, -0.1) is 0 Å². The van der Waals surface area contributed by atoms with E-state index in [-0.39, 0.29) is 0 Å². The zero-order valence-corrected chi connectivity index (χ0v) is 31.2. The lowest BCUT2D eigenvalue weighted by Crippen LogP contribution is -2.00. The molecular formula is C49H34N6O2. The molecular weight excluding hydrogens is 705 g/mol. The highest BCUT2D eigenvalue weighted by molar-refractivity contribution is 6.00. The SMILES string of the molecule is C=C(C)/C(=C\c1c(C)n(-c2nc3ccccc3o2)c2ccccc12)c1cccc(-c2nc3cc(-c4nc(-c5ccccc5)nc(-c5ccccc5)n4)ccc3o2)c1. The molecule has 0 radical (unpaired) electrons. The molecule has 0 fully saturated rings. The minimum atomic E-state index is 0.513.